The lowest BCUT2D eigenvalue weighted by molar-refractivity contribution is 0.219. The Balaban J connectivity index is 1.28. The Bertz CT molecular complexity index is 718. The van der Waals surface area contributed by atoms with Crippen LogP contribution in [-0.4, -0.2) is 6.61 Å². The van der Waals surface area contributed by atoms with Gasteiger partial charge >= 0.3 is 0 Å². The van der Waals surface area contributed by atoms with E-state index in [0.29, 0.717) is 0 Å². The number of ether oxygens (including phenoxy) is 1. The first-order valence-corrected chi connectivity index (χ1v) is 14.2. The van der Waals surface area contributed by atoms with Gasteiger partial charge in [0.05, 0.1) is 6.61 Å². The van der Waals surface area contributed by atoms with Crippen molar-refractivity contribution in [2.75, 3.05) is 6.61 Å². The van der Waals surface area contributed by atoms with Crippen molar-refractivity contribution in [3.05, 3.63) is 42.0 Å². The summed E-state index contributed by atoms with van der Waals surface area (Å²) in [5.74, 6) is 11.2. The Morgan fingerprint density at radius 3 is 1.97 bits per heavy atom. The lowest BCUT2D eigenvalue weighted by atomic mass is 9.75. The van der Waals surface area contributed by atoms with Gasteiger partial charge < -0.3 is 4.74 Å². The van der Waals surface area contributed by atoms with Crippen LogP contribution in [0.15, 0.2) is 36.4 Å². The molecule has 0 atom stereocenters. The van der Waals surface area contributed by atoms with E-state index in [0.717, 1.165) is 48.0 Å². The summed E-state index contributed by atoms with van der Waals surface area (Å²) in [6.07, 6.45) is 25.9. The maximum Gasteiger partial charge on any atom is 0.119 e. The Labute approximate surface area is 204 Å². The third-order valence-electron chi connectivity index (χ3n) is 8.05. The molecule has 0 radical (unpaired) electrons. The van der Waals surface area contributed by atoms with Crippen LogP contribution in [0.4, 0.5) is 0 Å². The highest BCUT2D eigenvalue weighted by molar-refractivity contribution is 5.40. The second-order valence-corrected chi connectivity index (χ2v) is 10.7. The van der Waals surface area contributed by atoms with Gasteiger partial charge in [0.25, 0.3) is 0 Å². The number of allylic oxidation sites excluding steroid dienone is 2. The first kappa shape index (κ1) is 25.9. The molecule has 0 saturated heterocycles. The van der Waals surface area contributed by atoms with E-state index in [2.05, 4.69) is 50.0 Å². The summed E-state index contributed by atoms with van der Waals surface area (Å²) in [6, 6.07) is 8.14. The Morgan fingerprint density at radius 2 is 1.36 bits per heavy atom. The van der Waals surface area contributed by atoms with Crippen molar-refractivity contribution in [2.24, 2.45) is 23.7 Å². The zero-order valence-corrected chi connectivity index (χ0v) is 21.5. The first-order chi connectivity index (χ1) is 16.3. The lowest BCUT2D eigenvalue weighted by Crippen LogP contribution is -2.17. The van der Waals surface area contributed by atoms with E-state index in [1.807, 2.05) is 12.1 Å². The SMILES string of the molecule is CCCCC[C@H]1CC[C@H](CCC2CCC(/C=C/C#Cc3ccc(OCCC)cc3)CC2)CC1. The predicted octanol–water partition coefficient (Wildman–Crippen LogP) is 9.36. The van der Waals surface area contributed by atoms with Crippen LogP contribution < -0.4 is 4.74 Å². The van der Waals surface area contributed by atoms with Crippen molar-refractivity contribution in [3.8, 4) is 17.6 Å². The Hall–Kier alpha value is -1.68. The summed E-state index contributed by atoms with van der Waals surface area (Å²) in [6.45, 7) is 5.22. The van der Waals surface area contributed by atoms with Crippen LogP contribution in [0.25, 0.3) is 0 Å². The minimum atomic E-state index is 0.735. The summed E-state index contributed by atoms with van der Waals surface area (Å²) in [5, 5.41) is 0. The molecule has 2 aliphatic rings. The third kappa shape index (κ3) is 10.00. The molecule has 1 aromatic rings. The van der Waals surface area contributed by atoms with E-state index in [4.69, 9.17) is 4.74 Å². The molecular formula is C32H48O. The van der Waals surface area contributed by atoms with Crippen LogP contribution in [-0.2, 0) is 0 Å². The second-order valence-electron chi connectivity index (χ2n) is 10.7. The average Bonchev–Trinajstić information content (AvgIpc) is 2.86. The molecule has 0 unspecified atom stereocenters. The first-order valence-electron chi connectivity index (χ1n) is 14.2. The summed E-state index contributed by atoms with van der Waals surface area (Å²) >= 11 is 0. The average molecular weight is 449 g/mol. The number of rotatable bonds is 11. The molecule has 1 nitrogen and oxygen atoms in total. The molecule has 3 rings (SSSR count). The van der Waals surface area contributed by atoms with Crippen LogP contribution in [0.3, 0.4) is 0 Å². The Morgan fingerprint density at radius 1 is 0.758 bits per heavy atom. The van der Waals surface area contributed by atoms with Gasteiger partial charge in [0.1, 0.15) is 5.75 Å². The van der Waals surface area contributed by atoms with Crippen LogP contribution in [0.2, 0.25) is 0 Å². The molecule has 1 aromatic carbocycles. The summed E-state index contributed by atoms with van der Waals surface area (Å²) in [5.41, 5.74) is 1.06. The monoisotopic (exact) mass is 448 g/mol. The highest BCUT2D eigenvalue weighted by atomic mass is 16.5. The van der Waals surface area contributed by atoms with E-state index in [9.17, 15) is 0 Å². The van der Waals surface area contributed by atoms with Gasteiger partial charge in [0.15, 0.2) is 0 Å². The largest absolute Gasteiger partial charge is 0.494 e. The normalized spacial score (nSPS) is 25.5. The molecule has 182 valence electrons. The predicted molar refractivity (Wildman–Crippen MR) is 143 cm³/mol. The van der Waals surface area contributed by atoms with Crippen LogP contribution >= 0.6 is 0 Å². The zero-order chi connectivity index (χ0) is 23.1. The summed E-state index contributed by atoms with van der Waals surface area (Å²) < 4.78 is 5.63. The van der Waals surface area contributed by atoms with Gasteiger partial charge in [-0.3, -0.25) is 0 Å². The summed E-state index contributed by atoms with van der Waals surface area (Å²) in [7, 11) is 0. The molecule has 2 aliphatic carbocycles. The van der Waals surface area contributed by atoms with Crippen molar-refractivity contribution in [1.82, 2.24) is 0 Å². The zero-order valence-electron chi connectivity index (χ0n) is 21.5. The number of benzene rings is 1. The molecule has 0 spiro atoms. The maximum atomic E-state index is 5.63. The van der Waals surface area contributed by atoms with Crippen molar-refractivity contribution < 1.29 is 4.74 Å². The lowest BCUT2D eigenvalue weighted by Gasteiger charge is -2.31. The van der Waals surface area contributed by atoms with Crippen molar-refractivity contribution >= 4 is 0 Å². The molecule has 0 aliphatic heterocycles. The molecule has 1 heteroatoms. The Kier molecular flexibility index (Phi) is 12.0. The third-order valence-corrected chi connectivity index (χ3v) is 8.05. The van der Waals surface area contributed by atoms with E-state index in [1.165, 1.54) is 89.9 Å². The highest BCUT2D eigenvalue weighted by Gasteiger charge is 2.24. The van der Waals surface area contributed by atoms with Gasteiger partial charge in [-0.2, -0.15) is 0 Å². The minimum absolute atomic E-state index is 0.735. The van der Waals surface area contributed by atoms with E-state index in [1.54, 1.807) is 0 Å². The quantitative estimate of drug-likeness (QED) is 0.242. The fourth-order valence-corrected chi connectivity index (χ4v) is 5.80. The smallest absolute Gasteiger partial charge is 0.119 e. The van der Waals surface area contributed by atoms with Gasteiger partial charge in [0, 0.05) is 5.56 Å². The molecule has 2 fully saturated rings. The van der Waals surface area contributed by atoms with Crippen molar-refractivity contribution in [2.45, 2.75) is 110 Å². The topological polar surface area (TPSA) is 9.23 Å². The molecule has 2 saturated carbocycles. The van der Waals surface area contributed by atoms with Gasteiger partial charge in [-0.25, -0.2) is 0 Å². The van der Waals surface area contributed by atoms with Crippen molar-refractivity contribution in [3.63, 3.8) is 0 Å². The van der Waals surface area contributed by atoms with E-state index < -0.39 is 0 Å². The van der Waals surface area contributed by atoms with Crippen LogP contribution in [0, 0.1) is 35.5 Å². The molecule has 0 N–H and O–H groups in total. The minimum Gasteiger partial charge on any atom is -0.494 e. The van der Waals surface area contributed by atoms with Gasteiger partial charge in [-0.15, -0.1) is 0 Å². The summed E-state index contributed by atoms with van der Waals surface area (Å²) in [4.78, 5) is 0. The van der Waals surface area contributed by atoms with Crippen molar-refractivity contribution in [1.29, 1.82) is 0 Å². The van der Waals surface area contributed by atoms with Gasteiger partial charge in [-0.05, 0) is 86.1 Å². The number of unbranched alkanes of at least 4 members (excludes halogenated alkanes) is 2. The van der Waals surface area contributed by atoms with Crippen LogP contribution in [0.1, 0.15) is 116 Å². The van der Waals surface area contributed by atoms with Crippen LogP contribution in [0.5, 0.6) is 5.75 Å². The second kappa shape index (κ2) is 15.3. The number of hydrogen-bond donors (Lipinski definition) is 0. The molecular weight excluding hydrogens is 400 g/mol. The highest BCUT2D eigenvalue weighted by Crippen LogP contribution is 2.38. The number of hydrogen-bond acceptors (Lipinski definition) is 1. The van der Waals surface area contributed by atoms with E-state index >= 15 is 0 Å². The van der Waals surface area contributed by atoms with E-state index in [-0.39, 0.29) is 0 Å². The fraction of sp³-hybridized carbons (Fsp3) is 0.688. The molecule has 0 bridgehead atoms. The molecule has 0 heterocycles. The maximum absolute atomic E-state index is 5.63. The standard InChI is InChI=1S/C32H48O/c1-3-5-6-9-27-12-16-30(17-13-27)20-21-31-18-14-28(15-19-31)10-7-8-11-29-22-24-32(25-23-29)33-26-4-2/h7,10,22-25,27-28,30-31H,3-6,9,12-21,26H2,1-2H3/b10-7+/t27-,28?,30-,31?. The molecule has 0 amide bonds. The fourth-order valence-electron chi connectivity index (χ4n) is 5.80. The molecule has 0 aromatic heterocycles. The van der Waals surface area contributed by atoms with Gasteiger partial charge in [0.2, 0.25) is 0 Å². The molecule has 33 heavy (non-hydrogen) atoms. The van der Waals surface area contributed by atoms with Gasteiger partial charge in [-0.1, -0.05) is 96.0 Å².